The number of hydrogen-bond acceptors (Lipinski definition) is 3. The van der Waals surface area contributed by atoms with Gasteiger partial charge in [0.25, 0.3) is 0 Å². The second-order valence-corrected chi connectivity index (χ2v) is 1.23. The molecule has 0 spiro atoms. The van der Waals surface area contributed by atoms with Crippen molar-refractivity contribution in [2.45, 2.75) is 0 Å². The van der Waals surface area contributed by atoms with Gasteiger partial charge in [0, 0.05) is 0 Å². The second kappa shape index (κ2) is 62.4. The minimum absolute atomic E-state index is 0.0833. The summed E-state index contributed by atoms with van der Waals surface area (Å²) in [5.74, 6) is 0. The molecule has 0 unspecified atom stereocenters. The zero-order valence-electron chi connectivity index (χ0n) is 7.78. The molecule has 0 aromatic heterocycles. The Labute approximate surface area is 92.2 Å². The van der Waals surface area contributed by atoms with Crippen LogP contribution in [-0.4, -0.2) is 23.4 Å². The molecular formula is C9H17O3Ti. The van der Waals surface area contributed by atoms with Gasteiger partial charge < -0.3 is 10.2 Å². The summed E-state index contributed by atoms with van der Waals surface area (Å²) in [4.78, 5) is 0. The molecule has 0 amide bonds. The van der Waals surface area contributed by atoms with Crippen LogP contribution in [0.2, 0.25) is 0 Å². The Bertz CT molecular complexity index is 86.9. The Morgan fingerprint density at radius 1 is 1.08 bits per heavy atom. The summed E-state index contributed by atoms with van der Waals surface area (Å²) >= 11 is 0.750. The van der Waals surface area contributed by atoms with Crippen molar-refractivity contribution in [2.24, 2.45) is 0 Å². The maximum absolute atomic E-state index is 8.25. The molecule has 0 aliphatic rings. The summed E-state index contributed by atoms with van der Waals surface area (Å²) in [5.41, 5.74) is 0. The molecule has 0 aromatic rings. The molecule has 0 aliphatic carbocycles. The van der Waals surface area contributed by atoms with E-state index in [0.717, 1.165) is 20.4 Å². The first-order chi connectivity index (χ1) is 6.24. The standard InChI is InChI=1S/2C3H6O.C3H5.O.Ti/c2*1-2-3-4;1-3-2;;/h2*2,4H,1,3H2;3H,1-2H2;;/q;;-1;;+1. The maximum atomic E-state index is 8.25. The van der Waals surface area contributed by atoms with Crippen LogP contribution >= 0.6 is 0 Å². The van der Waals surface area contributed by atoms with E-state index in [-0.39, 0.29) is 13.2 Å². The van der Waals surface area contributed by atoms with Gasteiger partial charge in [0.1, 0.15) is 0 Å². The SMILES string of the molecule is C=CCO.C=CCO.C=C[CH2-].[O]=[Ti+]. The fourth-order valence-corrected chi connectivity index (χ4v) is 0. The molecule has 0 radical (unpaired) electrons. The Hall–Kier alpha value is -0.476. The summed E-state index contributed by atoms with van der Waals surface area (Å²) < 4.78 is 8.25. The molecule has 0 bridgehead atoms. The van der Waals surface area contributed by atoms with E-state index in [1.807, 2.05) is 0 Å². The molecule has 0 saturated carbocycles. The van der Waals surface area contributed by atoms with Crippen LogP contribution in [0.3, 0.4) is 0 Å². The predicted molar refractivity (Wildman–Crippen MR) is 50.8 cm³/mol. The quantitative estimate of drug-likeness (QED) is 0.418. The normalized spacial score (nSPS) is 5.23. The van der Waals surface area contributed by atoms with Gasteiger partial charge in [-0.05, 0) is 0 Å². The molecule has 75 valence electrons. The number of allylic oxidation sites excluding steroid dienone is 1. The van der Waals surface area contributed by atoms with Crippen LogP contribution in [0.4, 0.5) is 0 Å². The molecule has 0 saturated heterocycles. The number of aliphatic hydroxyl groups is 2. The zero-order chi connectivity index (χ0) is 11.5. The van der Waals surface area contributed by atoms with E-state index in [0.29, 0.717) is 0 Å². The fraction of sp³-hybridized carbons (Fsp3) is 0.222. The van der Waals surface area contributed by atoms with Gasteiger partial charge >= 0.3 is 23.7 Å². The van der Waals surface area contributed by atoms with Crippen LogP contribution in [0.15, 0.2) is 38.0 Å². The molecule has 0 aliphatic heterocycles. The van der Waals surface area contributed by atoms with Gasteiger partial charge in [0.05, 0.1) is 13.2 Å². The van der Waals surface area contributed by atoms with Crippen molar-refractivity contribution in [1.29, 1.82) is 0 Å². The van der Waals surface area contributed by atoms with Gasteiger partial charge in [-0.15, -0.1) is 13.2 Å². The van der Waals surface area contributed by atoms with E-state index in [1.165, 1.54) is 18.2 Å². The third-order valence-corrected chi connectivity index (χ3v) is 0.258. The van der Waals surface area contributed by atoms with Gasteiger partial charge in [-0.1, -0.05) is 12.2 Å². The van der Waals surface area contributed by atoms with E-state index in [4.69, 9.17) is 13.5 Å². The second-order valence-electron chi connectivity index (χ2n) is 1.23. The van der Waals surface area contributed by atoms with E-state index in [2.05, 4.69) is 26.7 Å². The Morgan fingerprint density at radius 3 is 1.15 bits per heavy atom. The summed E-state index contributed by atoms with van der Waals surface area (Å²) in [6.07, 6.45) is 4.36. The Morgan fingerprint density at radius 2 is 1.15 bits per heavy atom. The zero-order valence-corrected chi connectivity index (χ0v) is 9.34. The summed E-state index contributed by atoms with van der Waals surface area (Å²) in [5, 5.41) is 15.5. The first-order valence-corrected chi connectivity index (χ1v) is 3.92. The summed E-state index contributed by atoms with van der Waals surface area (Å²) in [6, 6.07) is 0. The van der Waals surface area contributed by atoms with Crippen molar-refractivity contribution in [2.75, 3.05) is 13.2 Å². The summed E-state index contributed by atoms with van der Waals surface area (Å²) in [6.45, 7) is 13.1. The molecular weight excluding hydrogens is 204 g/mol. The van der Waals surface area contributed by atoms with Crippen molar-refractivity contribution < 1.29 is 33.9 Å². The first kappa shape index (κ1) is 22.9. The molecule has 0 fully saturated rings. The van der Waals surface area contributed by atoms with E-state index >= 15 is 0 Å². The van der Waals surface area contributed by atoms with Crippen LogP contribution < -0.4 is 0 Å². The van der Waals surface area contributed by atoms with Gasteiger partial charge in [0.2, 0.25) is 0 Å². The van der Waals surface area contributed by atoms with Crippen molar-refractivity contribution >= 4 is 0 Å². The summed E-state index contributed by atoms with van der Waals surface area (Å²) in [7, 11) is 0. The van der Waals surface area contributed by atoms with Crippen LogP contribution in [0.1, 0.15) is 0 Å². The number of aliphatic hydroxyl groups excluding tert-OH is 2. The van der Waals surface area contributed by atoms with Crippen molar-refractivity contribution in [3.05, 3.63) is 44.9 Å². The molecule has 4 heteroatoms. The molecule has 13 heavy (non-hydrogen) atoms. The van der Waals surface area contributed by atoms with Crippen molar-refractivity contribution in [3.63, 3.8) is 0 Å². The molecule has 0 heterocycles. The fourth-order valence-electron chi connectivity index (χ4n) is 0. The van der Waals surface area contributed by atoms with Crippen LogP contribution in [0.25, 0.3) is 0 Å². The van der Waals surface area contributed by atoms with Gasteiger partial charge in [0.15, 0.2) is 0 Å². The van der Waals surface area contributed by atoms with E-state index < -0.39 is 0 Å². The van der Waals surface area contributed by atoms with Crippen molar-refractivity contribution in [1.82, 2.24) is 0 Å². The Balaban J connectivity index is -0.0000000431. The molecule has 2 N–H and O–H groups in total. The third-order valence-electron chi connectivity index (χ3n) is 0.258. The average molecular weight is 221 g/mol. The molecule has 0 atom stereocenters. The predicted octanol–water partition coefficient (Wildman–Crippen LogP) is 1.21. The van der Waals surface area contributed by atoms with E-state index in [1.54, 1.807) is 0 Å². The molecule has 0 rings (SSSR count). The van der Waals surface area contributed by atoms with Gasteiger partial charge in [-0.25, -0.2) is 19.6 Å². The van der Waals surface area contributed by atoms with Crippen molar-refractivity contribution in [3.8, 4) is 0 Å². The molecule has 0 aromatic carbocycles. The average Bonchev–Trinajstić information content (AvgIpc) is 2.22. The topological polar surface area (TPSA) is 57.5 Å². The minimum atomic E-state index is 0.0833. The number of rotatable bonds is 2. The van der Waals surface area contributed by atoms with Gasteiger partial charge in [-0.2, -0.15) is 0 Å². The van der Waals surface area contributed by atoms with Crippen LogP contribution in [0, 0.1) is 6.92 Å². The Kier molecular flexibility index (Phi) is 110. The molecule has 3 nitrogen and oxygen atoms in total. The van der Waals surface area contributed by atoms with E-state index in [9.17, 15) is 0 Å². The first-order valence-electron chi connectivity index (χ1n) is 3.29. The number of hydrogen-bond donors (Lipinski definition) is 2. The van der Waals surface area contributed by atoms with Crippen LogP contribution in [0.5, 0.6) is 0 Å². The monoisotopic (exact) mass is 221 g/mol. The van der Waals surface area contributed by atoms with Gasteiger partial charge in [-0.3, -0.25) is 0 Å². The third kappa shape index (κ3) is 450. The van der Waals surface area contributed by atoms with Crippen LogP contribution in [-0.2, 0) is 23.7 Å².